The maximum Gasteiger partial charge on any atom is 0.293 e. The Labute approximate surface area is 167 Å². The molecule has 2 aromatic rings. The Kier molecular flexibility index (Phi) is 6.67. The second-order valence-corrected chi connectivity index (χ2v) is 6.87. The summed E-state index contributed by atoms with van der Waals surface area (Å²) in [6.07, 6.45) is 5.09. The van der Waals surface area contributed by atoms with Crippen LogP contribution in [0.4, 0.5) is 4.79 Å². The highest BCUT2D eigenvalue weighted by Gasteiger charge is 2.34. The highest BCUT2D eigenvalue weighted by atomic mass is 32.2. The molecule has 8 heteroatoms. The van der Waals surface area contributed by atoms with Gasteiger partial charge >= 0.3 is 0 Å². The number of benzene rings is 1. The van der Waals surface area contributed by atoms with Gasteiger partial charge in [0.05, 0.1) is 25.2 Å². The van der Waals surface area contributed by atoms with Crippen LogP contribution in [0, 0.1) is 0 Å². The average molecular weight is 400 g/mol. The van der Waals surface area contributed by atoms with Crippen LogP contribution in [0.5, 0.6) is 11.5 Å². The van der Waals surface area contributed by atoms with Crippen LogP contribution >= 0.6 is 11.8 Å². The molecule has 1 aromatic carbocycles. The van der Waals surface area contributed by atoms with Crippen LogP contribution in [0.15, 0.2) is 47.6 Å². The number of pyridine rings is 1. The van der Waals surface area contributed by atoms with Crippen molar-refractivity contribution in [1.29, 1.82) is 0 Å². The number of thioether (sulfide) groups is 1. The highest BCUT2D eigenvalue weighted by Crippen LogP contribution is 2.34. The van der Waals surface area contributed by atoms with Gasteiger partial charge in [0.25, 0.3) is 11.1 Å². The molecule has 0 N–H and O–H groups in total. The third-order valence-corrected chi connectivity index (χ3v) is 4.93. The molecule has 2 amide bonds. The lowest BCUT2D eigenvalue weighted by atomic mass is 10.2. The van der Waals surface area contributed by atoms with E-state index in [2.05, 4.69) is 4.98 Å². The summed E-state index contributed by atoms with van der Waals surface area (Å²) in [5.41, 5.74) is 1.73. The molecule has 3 rings (SSSR count). The lowest BCUT2D eigenvalue weighted by molar-refractivity contribution is -0.123. The second-order valence-electron chi connectivity index (χ2n) is 5.88. The second kappa shape index (κ2) is 9.38. The molecule has 1 aliphatic rings. The predicted octanol–water partition coefficient (Wildman–Crippen LogP) is 3.35. The summed E-state index contributed by atoms with van der Waals surface area (Å²) in [6, 6.07) is 9.11. The Morgan fingerprint density at radius 3 is 2.61 bits per heavy atom. The van der Waals surface area contributed by atoms with E-state index in [0.717, 1.165) is 22.9 Å². The molecule has 1 aliphatic heterocycles. The quantitative estimate of drug-likeness (QED) is 0.629. The fourth-order valence-electron chi connectivity index (χ4n) is 2.56. The molecule has 0 unspecified atom stereocenters. The zero-order valence-corrected chi connectivity index (χ0v) is 16.4. The van der Waals surface area contributed by atoms with Crippen LogP contribution in [0.2, 0.25) is 0 Å². The van der Waals surface area contributed by atoms with Gasteiger partial charge in [-0.05, 0) is 53.2 Å². The summed E-state index contributed by atoms with van der Waals surface area (Å²) < 4.78 is 16.2. The minimum atomic E-state index is -0.316. The molecule has 0 spiro atoms. The first-order valence-electron chi connectivity index (χ1n) is 8.56. The summed E-state index contributed by atoms with van der Waals surface area (Å²) in [4.78, 5) is 29.9. The van der Waals surface area contributed by atoms with Gasteiger partial charge in [0.15, 0.2) is 11.5 Å². The summed E-state index contributed by atoms with van der Waals surface area (Å²) in [5, 5.41) is -0.294. The van der Waals surface area contributed by atoms with Gasteiger partial charge in [0, 0.05) is 19.5 Å². The molecule has 1 saturated heterocycles. The minimum absolute atomic E-state index is 0.240. The number of nitrogens with zero attached hydrogens (tertiary/aromatic N) is 2. The summed E-state index contributed by atoms with van der Waals surface area (Å²) >= 11 is 0.917. The Hall–Kier alpha value is -2.84. The average Bonchev–Trinajstić information content (AvgIpc) is 2.98. The molecular formula is C20H20N2O5S. The van der Waals surface area contributed by atoms with Crippen LogP contribution in [-0.4, -0.2) is 48.4 Å². The topological polar surface area (TPSA) is 78.0 Å². The molecule has 28 heavy (non-hydrogen) atoms. The molecule has 146 valence electrons. The van der Waals surface area contributed by atoms with Gasteiger partial charge in [-0.25, -0.2) is 0 Å². The van der Waals surface area contributed by atoms with Gasteiger partial charge < -0.3 is 14.2 Å². The zero-order valence-electron chi connectivity index (χ0n) is 15.6. The standard InChI is InChI=1S/C20H20N2O5S/c1-25-10-9-22-19(23)18(28-20(22)24)12-15-3-4-16(17(11-15)26-2)27-13-14-5-7-21-8-6-14/h3-8,11-12H,9-10,13H2,1-2H3/b18-12+. The number of carbonyl (C=O) groups is 2. The lowest BCUT2D eigenvalue weighted by Crippen LogP contribution is -2.31. The van der Waals surface area contributed by atoms with Crippen molar-refractivity contribution in [3.63, 3.8) is 0 Å². The van der Waals surface area contributed by atoms with Crippen LogP contribution < -0.4 is 9.47 Å². The number of hydrogen-bond acceptors (Lipinski definition) is 7. The molecule has 0 aliphatic carbocycles. The largest absolute Gasteiger partial charge is 0.493 e. The number of imide groups is 1. The van der Waals surface area contributed by atoms with E-state index in [1.807, 2.05) is 18.2 Å². The SMILES string of the molecule is COCCN1C(=O)S/C(=C/c2ccc(OCc3ccncc3)c(OC)c2)C1=O. The normalized spacial score (nSPS) is 15.4. The lowest BCUT2D eigenvalue weighted by Gasteiger charge is -2.12. The van der Waals surface area contributed by atoms with Crippen LogP contribution in [-0.2, 0) is 16.1 Å². The summed E-state index contributed by atoms with van der Waals surface area (Å²) in [6.45, 7) is 0.933. The fraction of sp³-hybridized carbons (Fsp3) is 0.250. The van der Waals surface area contributed by atoms with E-state index in [9.17, 15) is 9.59 Å². The maximum absolute atomic E-state index is 12.4. The van der Waals surface area contributed by atoms with Crippen molar-refractivity contribution < 1.29 is 23.8 Å². The van der Waals surface area contributed by atoms with Gasteiger partial charge in [0.1, 0.15) is 6.61 Å². The number of rotatable bonds is 8. The van der Waals surface area contributed by atoms with Crippen molar-refractivity contribution in [3.8, 4) is 11.5 Å². The zero-order chi connectivity index (χ0) is 19.9. The highest BCUT2D eigenvalue weighted by molar-refractivity contribution is 8.18. The maximum atomic E-state index is 12.4. The van der Waals surface area contributed by atoms with E-state index in [0.29, 0.717) is 29.6 Å². The van der Waals surface area contributed by atoms with Crippen molar-refractivity contribution in [3.05, 3.63) is 58.8 Å². The van der Waals surface area contributed by atoms with Crippen molar-refractivity contribution in [1.82, 2.24) is 9.88 Å². The minimum Gasteiger partial charge on any atom is -0.493 e. The molecule has 7 nitrogen and oxygen atoms in total. The van der Waals surface area contributed by atoms with Crippen molar-refractivity contribution >= 4 is 29.0 Å². The molecule has 1 fully saturated rings. The third-order valence-electron chi connectivity index (χ3n) is 4.02. The number of ether oxygens (including phenoxy) is 3. The van der Waals surface area contributed by atoms with Gasteiger partial charge in [-0.15, -0.1) is 0 Å². The van der Waals surface area contributed by atoms with Crippen LogP contribution in [0.3, 0.4) is 0 Å². The first-order chi connectivity index (χ1) is 13.6. The fourth-order valence-corrected chi connectivity index (χ4v) is 3.43. The number of carbonyl (C=O) groups excluding carboxylic acids is 2. The molecule has 2 heterocycles. The van der Waals surface area contributed by atoms with Crippen molar-refractivity contribution in [2.45, 2.75) is 6.61 Å². The summed E-state index contributed by atoms with van der Waals surface area (Å²) in [5.74, 6) is 0.815. The number of methoxy groups -OCH3 is 2. The molecular weight excluding hydrogens is 380 g/mol. The smallest absolute Gasteiger partial charge is 0.293 e. The monoisotopic (exact) mass is 400 g/mol. The van der Waals surface area contributed by atoms with Crippen LogP contribution in [0.25, 0.3) is 6.08 Å². The Balaban J connectivity index is 1.74. The van der Waals surface area contributed by atoms with E-state index in [-0.39, 0.29) is 17.7 Å². The van der Waals surface area contributed by atoms with E-state index < -0.39 is 0 Å². The molecule has 0 radical (unpaired) electrons. The number of amides is 2. The van der Waals surface area contributed by atoms with E-state index in [4.69, 9.17) is 14.2 Å². The van der Waals surface area contributed by atoms with Gasteiger partial charge in [-0.2, -0.15) is 0 Å². The number of aromatic nitrogens is 1. The third kappa shape index (κ3) is 4.71. The first kappa shape index (κ1) is 19.9. The van der Waals surface area contributed by atoms with Gasteiger partial charge in [-0.3, -0.25) is 19.5 Å². The molecule has 1 aromatic heterocycles. The van der Waals surface area contributed by atoms with E-state index >= 15 is 0 Å². The van der Waals surface area contributed by atoms with Crippen molar-refractivity contribution in [2.24, 2.45) is 0 Å². The van der Waals surface area contributed by atoms with Crippen LogP contribution in [0.1, 0.15) is 11.1 Å². The Bertz CT molecular complexity index is 885. The number of hydrogen-bond donors (Lipinski definition) is 0. The molecule has 0 bridgehead atoms. The Morgan fingerprint density at radius 1 is 1.11 bits per heavy atom. The van der Waals surface area contributed by atoms with Gasteiger partial charge in [0.2, 0.25) is 0 Å². The first-order valence-corrected chi connectivity index (χ1v) is 9.38. The molecule has 0 saturated carbocycles. The van der Waals surface area contributed by atoms with Gasteiger partial charge in [-0.1, -0.05) is 6.07 Å². The summed E-state index contributed by atoms with van der Waals surface area (Å²) in [7, 11) is 3.08. The van der Waals surface area contributed by atoms with E-state index in [1.165, 1.54) is 12.0 Å². The van der Waals surface area contributed by atoms with Crippen molar-refractivity contribution in [2.75, 3.05) is 27.4 Å². The van der Waals surface area contributed by atoms with E-state index in [1.54, 1.807) is 37.7 Å². The Morgan fingerprint density at radius 2 is 1.89 bits per heavy atom. The predicted molar refractivity (Wildman–Crippen MR) is 106 cm³/mol. The molecule has 0 atom stereocenters.